The van der Waals surface area contributed by atoms with Crippen LogP contribution in [0.25, 0.3) is 0 Å². The van der Waals surface area contributed by atoms with E-state index >= 15 is 0 Å². The zero-order valence-electron chi connectivity index (χ0n) is 32.3. The normalized spacial score (nSPS) is 17.3. The highest BCUT2D eigenvalue weighted by atomic mass is 31.3. The van der Waals surface area contributed by atoms with E-state index in [1.165, 1.54) is 10.8 Å². The third-order valence-corrected chi connectivity index (χ3v) is 12.3. The fourth-order valence-corrected chi connectivity index (χ4v) is 9.06. The molecule has 2 N–H and O–H groups in total. The van der Waals surface area contributed by atoms with E-state index < -0.39 is 51.7 Å². The van der Waals surface area contributed by atoms with Gasteiger partial charge in [-0.05, 0) is 72.1 Å². The second-order valence-electron chi connectivity index (χ2n) is 13.4. The first kappa shape index (κ1) is 41.6. The molecule has 5 aromatic carbocycles. The average Bonchev–Trinajstić information content (AvgIpc) is 3.65. The Kier molecular flexibility index (Phi) is 13.1. The van der Waals surface area contributed by atoms with Gasteiger partial charge in [-0.1, -0.05) is 91.0 Å². The van der Waals surface area contributed by atoms with Crippen LogP contribution >= 0.6 is 16.4 Å². The fraction of sp³-hybridized carbons (Fsp3) is 0.209. The number of aromatic nitrogens is 2. The van der Waals surface area contributed by atoms with Gasteiger partial charge in [0.1, 0.15) is 40.9 Å². The first-order valence-electron chi connectivity index (χ1n) is 18.5. The number of para-hydroxylation sites is 2. The Morgan fingerprint density at radius 2 is 1.24 bits per heavy atom. The zero-order valence-corrected chi connectivity index (χ0v) is 34.1. The minimum atomic E-state index is -4.60. The van der Waals surface area contributed by atoms with Crippen molar-refractivity contribution in [1.82, 2.24) is 9.55 Å². The van der Waals surface area contributed by atoms with Gasteiger partial charge in [0.15, 0.2) is 0 Å². The molecule has 2 heterocycles. The number of phosphoric ester groups is 1. The lowest BCUT2D eigenvalue weighted by atomic mass is 9.80. The summed E-state index contributed by atoms with van der Waals surface area (Å²) in [6.45, 7) is 1.39. The number of aryl methyl sites for hydroxylation is 1. The molecule has 1 fully saturated rings. The van der Waals surface area contributed by atoms with Crippen LogP contribution < -0.4 is 29.8 Å². The number of hydrogen-bond acceptors (Lipinski definition) is 12. The molecule has 0 spiro atoms. The lowest BCUT2D eigenvalue weighted by molar-refractivity contribution is -0.0922. The van der Waals surface area contributed by atoms with E-state index in [9.17, 15) is 19.0 Å². The Labute approximate surface area is 341 Å². The van der Waals surface area contributed by atoms with Crippen LogP contribution in [-0.2, 0) is 28.5 Å². The van der Waals surface area contributed by atoms with Crippen molar-refractivity contribution < 1.29 is 46.3 Å². The molecular formula is C43H42N2O12P2. The van der Waals surface area contributed by atoms with Gasteiger partial charge in [-0.25, -0.2) is 9.36 Å². The number of H-pyrrole nitrogens is 1. The number of phosphoric acid groups is 1. The van der Waals surface area contributed by atoms with Crippen LogP contribution in [0.1, 0.15) is 34.9 Å². The lowest BCUT2D eigenvalue weighted by Gasteiger charge is -2.37. The molecule has 1 aliphatic heterocycles. The molecule has 1 unspecified atom stereocenters. The van der Waals surface area contributed by atoms with E-state index in [0.717, 1.165) is 16.7 Å². The van der Waals surface area contributed by atoms with E-state index in [1.54, 1.807) is 81.8 Å². The van der Waals surface area contributed by atoms with E-state index in [-0.39, 0.29) is 30.1 Å². The molecule has 14 nitrogen and oxygen atoms in total. The number of rotatable bonds is 17. The van der Waals surface area contributed by atoms with Crippen molar-refractivity contribution >= 4 is 16.4 Å². The Hall–Kier alpha value is -5.56. The van der Waals surface area contributed by atoms with Gasteiger partial charge >= 0.3 is 22.1 Å². The van der Waals surface area contributed by atoms with Crippen LogP contribution in [0.4, 0.5) is 0 Å². The molecule has 1 saturated heterocycles. The summed E-state index contributed by atoms with van der Waals surface area (Å²) < 4.78 is 63.2. The Morgan fingerprint density at radius 3 is 1.75 bits per heavy atom. The first-order chi connectivity index (χ1) is 28.6. The number of hydrogen-bond donors (Lipinski definition) is 2. The molecule has 0 radical (unpaired) electrons. The average molecular weight is 841 g/mol. The lowest BCUT2D eigenvalue weighted by Crippen LogP contribution is -2.38. The summed E-state index contributed by atoms with van der Waals surface area (Å²) in [6.07, 6.45) is -1.62. The van der Waals surface area contributed by atoms with Crippen molar-refractivity contribution in [2.24, 2.45) is 0 Å². The Morgan fingerprint density at radius 1 is 0.746 bits per heavy atom. The van der Waals surface area contributed by atoms with Gasteiger partial charge in [-0.15, -0.1) is 0 Å². The van der Waals surface area contributed by atoms with E-state index in [1.807, 2.05) is 78.9 Å². The number of benzene rings is 5. The molecule has 7 rings (SSSR count). The van der Waals surface area contributed by atoms with E-state index in [2.05, 4.69) is 4.98 Å². The standard InChI is InChI=1S/C43H42N2O12P2/c1-30-28-45(42(47)44-41(30)46)40-27-38(54-58(48)57-59(49,55-36-15-9-5-10-16-36)56-37-17-11-6-12-18-37)39(53-40)29-52-43(31-13-7-4-8-14-31,32-19-23-34(50-2)24-20-32)33-21-25-35(51-3)26-22-33/h4-26,28,38-40,48H,27,29H2,1-3H3,(H,44,46,47)/t38-,39+,40+,58?/m0/s1. The maximum atomic E-state index is 14.2. The third-order valence-electron chi connectivity index (χ3n) is 9.59. The first-order valence-corrected chi connectivity index (χ1v) is 21.1. The van der Waals surface area contributed by atoms with Crippen molar-refractivity contribution in [3.8, 4) is 23.0 Å². The van der Waals surface area contributed by atoms with Crippen molar-refractivity contribution in [3.05, 3.63) is 189 Å². The molecule has 6 aromatic rings. The van der Waals surface area contributed by atoms with Crippen LogP contribution in [-0.4, -0.2) is 47.5 Å². The molecule has 1 aliphatic rings. The molecule has 0 aliphatic carbocycles. The van der Waals surface area contributed by atoms with Crippen molar-refractivity contribution in [2.75, 3.05) is 20.8 Å². The maximum absolute atomic E-state index is 14.2. The molecule has 1 aromatic heterocycles. The molecule has 59 heavy (non-hydrogen) atoms. The number of nitrogens with zero attached hydrogens (tertiary/aromatic N) is 1. The predicted molar refractivity (Wildman–Crippen MR) is 220 cm³/mol. The molecule has 4 atom stereocenters. The summed E-state index contributed by atoms with van der Waals surface area (Å²) in [5, 5.41) is 0. The largest absolute Gasteiger partial charge is 0.594 e. The summed E-state index contributed by atoms with van der Waals surface area (Å²) in [5.41, 5.74) is 0.0410. The summed E-state index contributed by atoms with van der Waals surface area (Å²) in [4.78, 5) is 39.2. The van der Waals surface area contributed by atoms with Gasteiger partial charge in [0.05, 0.1) is 26.9 Å². The molecule has 0 amide bonds. The van der Waals surface area contributed by atoms with Crippen molar-refractivity contribution in [3.63, 3.8) is 0 Å². The second-order valence-corrected chi connectivity index (χ2v) is 16.0. The van der Waals surface area contributed by atoms with Crippen LogP contribution in [0.3, 0.4) is 0 Å². The van der Waals surface area contributed by atoms with Crippen molar-refractivity contribution in [2.45, 2.75) is 37.4 Å². The van der Waals surface area contributed by atoms with Gasteiger partial charge < -0.3 is 37.4 Å². The van der Waals surface area contributed by atoms with Crippen LogP contribution in [0.2, 0.25) is 0 Å². The summed E-state index contributed by atoms with van der Waals surface area (Å²) in [7, 11) is -4.44. The monoisotopic (exact) mass is 840 g/mol. The highest BCUT2D eigenvalue weighted by Crippen LogP contribution is 2.60. The highest BCUT2D eigenvalue weighted by molar-refractivity contribution is 7.59. The molecule has 306 valence electrons. The third kappa shape index (κ3) is 9.67. The molecular weight excluding hydrogens is 798 g/mol. The quantitative estimate of drug-likeness (QED) is 0.0672. The summed E-state index contributed by atoms with van der Waals surface area (Å²) >= 11 is 0. The zero-order chi connectivity index (χ0) is 41.4. The van der Waals surface area contributed by atoms with Gasteiger partial charge in [0.2, 0.25) is 0 Å². The second kappa shape index (κ2) is 18.6. The van der Waals surface area contributed by atoms with E-state index in [4.69, 9.17) is 36.8 Å². The molecule has 0 saturated carbocycles. The predicted octanol–water partition coefficient (Wildman–Crippen LogP) is 8.05. The van der Waals surface area contributed by atoms with Crippen molar-refractivity contribution in [1.29, 1.82) is 0 Å². The smallest absolute Gasteiger partial charge is 0.497 e. The molecule has 16 heteroatoms. The van der Waals surface area contributed by atoms with Gasteiger partial charge in [0.25, 0.3) is 5.56 Å². The minimum Gasteiger partial charge on any atom is -0.497 e. The topological polar surface area (TPSA) is 166 Å². The number of nitrogens with one attached hydrogen (secondary N) is 1. The Bertz CT molecular complexity index is 2360. The van der Waals surface area contributed by atoms with Gasteiger partial charge in [0, 0.05) is 18.2 Å². The summed E-state index contributed by atoms with van der Waals surface area (Å²) in [6, 6.07) is 41.0. The number of aromatic amines is 1. The van der Waals surface area contributed by atoms with Gasteiger partial charge in [-0.2, -0.15) is 4.31 Å². The van der Waals surface area contributed by atoms with Crippen LogP contribution in [0, 0.1) is 6.92 Å². The fourth-order valence-electron chi connectivity index (χ4n) is 6.71. The number of methoxy groups -OCH3 is 2. The highest BCUT2D eigenvalue weighted by Gasteiger charge is 2.45. The van der Waals surface area contributed by atoms with Crippen LogP contribution in [0.5, 0.6) is 23.0 Å². The summed E-state index contributed by atoms with van der Waals surface area (Å²) in [5.74, 6) is 1.60. The molecule has 0 bridgehead atoms. The minimum absolute atomic E-state index is 0.0189. The number of ether oxygens (including phenoxy) is 4. The SMILES string of the molecule is COc1ccc(C(OC[C@H]2O[C@@H](n3cc(C)c(=O)[nH]c3=O)C[C@@H]2OP(O)OP(=O)(Oc2ccccc2)Oc2ccccc2)(c2ccccc2)c2ccc(OC)cc2)cc1. The van der Waals surface area contributed by atoms with E-state index in [0.29, 0.717) is 11.5 Å². The van der Waals surface area contributed by atoms with Gasteiger partial charge in [-0.3, -0.25) is 14.3 Å². The Balaban J connectivity index is 1.24. The maximum Gasteiger partial charge on any atom is 0.594 e. The van der Waals surface area contributed by atoms with Crippen LogP contribution in [0.15, 0.2) is 155 Å².